The van der Waals surface area contributed by atoms with Crippen molar-refractivity contribution in [3.63, 3.8) is 0 Å². The van der Waals surface area contributed by atoms with Gasteiger partial charge in [0.2, 0.25) is 5.91 Å². The lowest BCUT2D eigenvalue weighted by Crippen LogP contribution is -2.56. The molecule has 0 unspecified atom stereocenters. The lowest BCUT2D eigenvalue weighted by molar-refractivity contribution is -0.114. The molecule has 0 aliphatic heterocycles. The molecule has 2 rings (SSSR count). The number of aryl methyl sites for hydroxylation is 2. The highest BCUT2D eigenvalue weighted by Gasteiger charge is 2.30. The van der Waals surface area contributed by atoms with E-state index in [9.17, 15) is 14.4 Å². The third kappa shape index (κ3) is 7.89. The molecule has 3 amide bonds. The van der Waals surface area contributed by atoms with Crippen LogP contribution < -0.4 is 15.5 Å². The molecule has 10 heteroatoms. The van der Waals surface area contributed by atoms with Gasteiger partial charge in [0, 0.05) is 12.3 Å². The van der Waals surface area contributed by atoms with Crippen LogP contribution in [0.1, 0.15) is 45.9 Å². The highest BCUT2D eigenvalue weighted by molar-refractivity contribution is 7.13. The third-order valence-electron chi connectivity index (χ3n) is 3.96. The van der Waals surface area contributed by atoms with Gasteiger partial charge in [-0.2, -0.15) is 0 Å². The second kappa shape index (κ2) is 10.8. The Kier molecular flexibility index (Phi) is 8.38. The van der Waals surface area contributed by atoms with Gasteiger partial charge in [0.1, 0.15) is 5.75 Å². The smallest absolute Gasteiger partial charge is 0.431 e. The molecule has 168 valence electrons. The first-order valence-electron chi connectivity index (χ1n) is 9.85. The van der Waals surface area contributed by atoms with Crippen molar-refractivity contribution < 1.29 is 23.9 Å². The van der Waals surface area contributed by atoms with Gasteiger partial charge in [-0.3, -0.25) is 4.79 Å². The topological polar surface area (TPSA) is 110 Å². The summed E-state index contributed by atoms with van der Waals surface area (Å²) in [7, 11) is 0. The molecule has 0 fully saturated rings. The standard InChI is InChI=1S/C21H28N4O5S/c1-6-29-20(28)25(21(3,4)5)24-19(27)30-17-11-8-15(9-12-17)7-10-16-13-31-18(23-16)22-14(2)26/h8-9,11-13H,6-7,10H2,1-5H3,(H,24,27)(H,22,23,26). The highest BCUT2D eigenvalue weighted by Crippen LogP contribution is 2.19. The molecule has 0 saturated carbocycles. The maximum atomic E-state index is 12.2. The van der Waals surface area contributed by atoms with Gasteiger partial charge in [0.15, 0.2) is 5.13 Å². The molecule has 0 atom stereocenters. The maximum Gasteiger partial charge on any atom is 0.431 e. The normalized spacial score (nSPS) is 10.9. The Morgan fingerprint density at radius 2 is 1.81 bits per heavy atom. The maximum absolute atomic E-state index is 12.2. The van der Waals surface area contributed by atoms with E-state index in [1.165, 1.54) is 18.3 Å². The minimum absolute atomic E-state index is 0.145. The second-order valence-electron chi connectivity index (χ2n) is 7.68. The number of carbonyl (C=O) groups excluding carboxylic acids is 3. The van der Waals surface area contributed by atoms with Crippen molar-refractivity contribution in [3.8, 4) is 5.75 Å². The number of aromatic nitrogens is 1. The first kappa shape index (κ1) is 24.1. The van der Waals surface area contributed by atoms with E-state index in [0.717, 1.165) is 29.1 Å². The summed E-state index contributed by atoms with van der Waals surface area (Å²) in [6, 6.07) is 7.09. The molecule has 1 aromatic heterocycles. The quantitative estimate of drug-likeness (QED) is 0.643. The number of thiazole rings is 1. The van der Waals surface area contributed by atoms with E-state index >= 15 is 0 Å². The van der Waals surface area contributed by atoms with Crippen LogP contribution in [-0.2, 0) is 22.4 Å². The average molecular weight is 449 g/mol. The van der Waals surface area contributed by atoms with Crippen LogP contribution in [0, 0.1) is 0 Å². The molecule has 0 aliphatic rings. The van der Waals surface area contributed by atoms with Gasteiger partial charge in [-0.1, -0.05) is 12.1 Å². The van der Waals surface area contributed by atoms with Crippen LogP contribution in [0.25, 0.3) is 0 Å². The molecule has 31 heavy (non-hydrogen) atoms. The van der Waals surface area contributed by atoms with Gasteiger partial charge in [0.05, 0.1) is 17.8 Å². The van der Waals surface area contributed by atoms with E-state index in [1.807, 2.05) is 17.5 Å². The number of ether oxygens (including phenoxy) is 2. The number of hydrazine groups is 1. The van der Waals surface area contributed by atoms with E-state index in [2.05, 4.69) is 15.7 Å². The summed E-state index contributed by atoms with van der Waals surface area (Å²) in [6.45, 7) is 8.62. The molecule has 1 heterocycles. The molecule has 0 aliphatic carbocycles. The van der Waals surface area contributed by atoms with Gasteiger partial charge in [-0.15, -0.1) is 11.3 Å². The molecular formula is C21H28N4O5S. The van der Waals surface area contributed by atoms with E-state index in [4.69, 9.17) is 9.47 Å². The number of carbonyl (C=O) groups is 3. The summed E-state index contributed by atoms with van der Waals surface area (Å²) in [5, 5.41) is 6.26. The van der Waals surface area contributed by atoms with Crippen molar-refractivity contribution in [2.75, 3.05) is 11.9 Å². The van der Waals surface area contributed by atoms with Gasteiger partial charge < -0.3 is 14.8 Å². The Labute approximate surface area is 185 Å². The summed E-state index contributed by atoms with van der Waals surface area (Å²) in [5.41, 5.74) is 3.68. The van der Waals surface area contributed by atoms with Crippen molar-refractivity contribution in [1.82, 2.24) is 15.4 Å². The van der Waals surface area contributed by atoms with Crippen molar-refractivity contribution in [1.29, 1.82) is 0 Å². The van der Waals surface area contributed by atoms with Crippen LogP contribution in [0.3, 0.4) is 0 Å². The van der Waals surface area contributed by atoms with Crippen molar-refractivity contribution in [2.45, 2.75) is 53.0 Å². The fraction of sp³-hybridized carbons (Fsp3) is 0.429. The molecule has 0 spiro atoms. The lowest BCUT2D eigenvalue weighted by Gasteiger charge is -2.33. The Balaban J connectivity index is 1.89. The van der Waals surface area contributed by atoms with Crippen LogP contribution in [0.2, 0.25) is 0 Å². The van der Waals surface area contributed by atoms with Gasteiger partial charge >= 0.3 is 12.2 Å². The number of anilines is 1. The van der Waals surface area contributed by atoms with Gasteiger partial charge in [0.25, 0.3) is 0 Å². The minimum atomic E-state index is -0.788. The molecule has 1 aromatic carbocycles. The number of rotatable bonds is 6. The lowest BCUT2D eigenvalue weighted by atomic mass is 10.1. The monoisotopic (exact) mass is 448 g/mol. The van der Waals surface area contributed by atoms with Crippen LogP contribution in [0.5, 0.6) is 5.75 Å². The largest absolute Gasteiger partial charge is 0.448 e. The van der Waals surface area contributed by atoms with Crippen molar-refractivity contribution >= 4 is 34.6 Å². The molecular weight excluding hydrogens is 420 g/mol. The summed E-state index contributed by atoms with van der Waals surface area (Å²) in [4.78, 5) is 39.7. The number of nitrogens with zero attached hydrogens (tertiary/aromatic N) is 2. The van der Waals surface area contributed by atoms with Crippen LogP contribution >= 0.6 is 11.3 Å². The van der Waals surface area contributed by atoms with Crippen LogP contribution in [-0.4, -0.2) is 40.2 Å². The number of hydrogen-bond acceptors (Lipinski definition) is 7. The third-order valence-corrected chi connectivity index (χ3v) is 4.77. The summed E-state index contributed by atoms with van der Waals surface area (Å²) in [5.74, 6) is 0.203. The predicted octanol–water partition coefficient (Wildman–Crippen LogP) is 4.15. The molecule has 0 saturated heterocycles. The van der Waals surface area contributed by atoms with E-state index in [-0.39, 0.29) is 12.5 Å². The van der Waals surface area contributed by atoms with Crippen LogP contribution in [0.15, 0.2) is 29.6 Å². The van der Waals surface area contributed by atoms with E-state index in [0.29, 0.717) is 10.9 Å². The Hall–Kier alpha value is -3.14. The Morgan fingerprint density at radius 3 is 2.39 bits per heavy atom. The van der Waals surface area contributed by atoms with Gasteiger partial charge in [-0.25, -0.2) is 25.0 Å². The number of nitrogens with one attached hydrogen (secondary N) is 2. The fourth-order valence-electron chi connectivity index (χ4n) is 2.52. The van der Waals surface area contributed by atoms with E-state index in [1.54, 1.807) is 39.8 Å². The van der Waals surface area contributed by atoms with Crippen molar-refractivity contribution in [2.24, 2.45) is 0 Å². The fourth-order valence-corrected chi connectivity index (χ4v) is 3.31. The molecule has 2 aromatic rings. The molecule has 9 nitrogen and oxygen atoms in total. The number of hydrogen-bond donors (Lipinski definition) is 2. The first-order valence-corrected chi connectivity index (χ1v) is 10.7. The second-order valence-corrected chi connectivity index (χ2v) is 8.53. The van der Waals surface area contributed by atoms with Crippen LogP contribution in [0.4, 0.5) is 14.7 Å². The highest BCUT2D eigenvalue weighted by atomic mass is 32.1. The zero-order valence-corrected chi connectivity index (χ0v) is 19.2. The Bertz CT molecular complexity index is 905. The summed E-state index contributed by atoms with van der Waals surface area (Å²) < 4.78 is 10.2. The first-order chi connectivity index (χ1) is 14.6. The predicted molar refractivity (Wildman–Crippen MR) is 118 cm³/mol. The SMILES string of the molecule is CCOC(=O)N(NC(=O)Oc1ccc(CCc2csc(NC(C)=O)n2)cc1)C(C)(C)C. The summed E-state index contributed by atoms with van der Waals surface area (Å²) >= 11 is 1.39. The molecule has 2 N–H and O–H groups in total. The summed E-state index contributed by atoms with van der Waals surface area (Å²) in [6.07, 6.45) is 0.0162. The Morgan fingerprint density at radius 1 is 1.13 bits per heavy atom. The number of amides is 3. The van der Waals surface area contributed by atoms with E-state index < -0.39 is 17.7 Å². The zero-order chi connectivity index (χ0) is 23.0. The minimum Gasteiger partial charge on any atom is -0.448 e. The number of benzene rings is 1. The zero-order valence-electron chi connectivity index (χ0n) is 18.4. The molecule has 0 bridgehead atoms. The van der Waals surface area contributed by atoms with Gasteiger partial charge in [-0.05, 0) is 58.2 Å². The average Bonchev–Trinajstić information content (AvgIpc) is 3.11. The van der Waals surface area contributed by atoms with Crippen molar-refractivity contribution in [3.05, 3.63) is 40.9 Å². The molecule has 0 radical (unpaired) electrons.